The average Bonchev–Trinajstić information content (AvgIpc) is 3.45. The Bertz CT molecular complexity index is 1200. The number of amides is 4. The second kappa shape index (κ2) is 7.91. The zero-order valence-electron chi connectivity index (χ0n) is 17.4. The number of piperidine rings is 1. The maximum atomic E-state index is 15.1. The topological polar surface area (TPSA) is 108 Å². The Hall–Kier alpha value is -3.33. The number of rotatable bonds is 5. The van der Waals surface area contributed by atoms with Crippen LogP contribution in [0.5, 0.6) is 0 Å². The van der Waals surface area contributed by atoms with E-state index in [2.05, 4.69) is 15.6 Å². The van der Waals surface area contributed by atoms with Crippen molar-refractivity contribution in [2.75, 3.05) is 0 Å². The molecule has 2 atom stereocenters. The Balaban J connectivity index is 1.36. The number of alkyl halides is 1. The first-order chi connectivity index (χ1) is 15.8. The molecule has 33 heavy (non-hydrogen) atoms. The van der Waals surface area contributed by atoms with Gasteiger partial charge in [0, 0.05) is 30.3 Å². The molecule has 10 heteroatoms. The van der Waals surface area contributed by atoms with E-state index in [-0.39, 0.29) is 47.5 Å². The van der Waals surface area contributed by atoms with Crippen molar-refractivity contribution in [1.29, 1.82) is 0 Å². The molecule has 0 radical (unpaired) electrons. The lowest BCUT2D eigenvalue weighted by molar-refractivity contribution is -0.136. The molecule has 1 saturated carbocycles. The summed E-state index contributed by atoms with van der Waals surface area (Å²) in [6.07, 6.45) is 2.50. The van der Waals surface area contributed by atoms with Crippen molar-refractivity contribution in [3.05, 3.63) is 63.9 Å². The molecule has 3 heterocycles. The minimum atomic E-state index is -1.61. The fraction of sp³-hybridized carbons (Fsp3) is 0.348. The summed E-state index contributed by atoms with van der Waals surface area (Å²) in [5, 5.41) is 5.25. The highest BCUT2D eigenvalue weighted by atomic mass is 35.5. The predicted molar refractivity (Wildman–Crippen MR) is 115 cm³/mol. The van der Waals surface area contributed by atoms with Crippen molar-refractivity contribution >= 4 is 35.2 Å². The third kappa shape index (κ3) is 3.86. The maximum absolute atomic E-state index is 15.1. The highest BCUT2D eigenvalue weighted by Gasteiger charge is 2.53. The van der Waals surface area contributed by atoms with Crippen molar-refractivity contribution in [2.45, 2.75) is 50.0 Å². The van der Waals surface area contributed by atoms with Gasteiger partial charge in [0.2, 0.25) is 11.8 Å². The largest absolute Gasteiger partial charge is 0.340 e. The monoisotopic (exact) mass is 470 g/mol. The van der Waals surface area contributed by atoms with Crippen LogP contribution >= 0.6 is 11.6 Å². The fourth-order valence-corrected chi connectivity index (χ4v) is 4.62. The lowest BCUT2D eigenvalue weighted by Gasteiger charge is -2.29. The summed E-state index contributed by atoms with van der Waals surface area (Å²) in [7, 11) is 0. The van der Waals surface area contributed by atoms with E-state index in [0.29, 0.717) is 24.0 Å². The Morgan fingerprint density at radius 3 is 2.76 bits per heavy atom. The molecule has 170 valence electrons. The number of nitrogens with one attached hydrogen (secondary N) is 2. The molecule has 4 amide bonds. The maximum Gasteiger partial charge on any atom is 0.255 e. The van der Waals surface area contributed by atoms with E-state index in [1.807, 2.05) is 0 Å². The van der Waals surface area contributed by atoms with Crippen LogP contribution in [-0.4, -0.2) is 45.2 Å². The lowest BCUT2D eigenvalue weighted by Crippen LogP contribution is -2.52. The van der Waals surface area contributed by atoms with Crippen molar-refractivity contribution < 1.29 is 23.6 Å². The van der Waals surface area contributed by atoms with Gasteiger partial charge in [-0.05, 0) is 55.2 Å². The number of hydrogen-bond donors (Lipinski definition) is 2. The molecule has 1 aromatic heterocycles. The van der Waals surface area contributed by atoms with Crippen molar-refractivity contribution in [3.8, 4) is 0 Å². The minimum absolute atomic E-state index is 0.143. The van der Waals surface area contributed by atoms with E-state index < -0.39 is 29.6 Å². The number of hydrogen-bond acceptors (Lipinski definition) is 5. The number of pyridine rings is 1. The van der Waals surface area contributed by atoms with Crippen LogP contribution in [0.15, 0.2) is 36.5 Å². The number of aromatic nitrogens is 1. The zero-order valence-corrected chi connectivity index (χ0v) is 18.2. The second-order valence-electron chi connectivity index (χ2n) is 8.58. The number of nitrogens with zero attached hydrogens (tertiary/aromatic N) is 2. The summed E-state index contributed by atoms with van der Waals surface area (Å²) in [4.78, 5) is 55.1. The molecule has 0 bridgehead atoms. The Kier molecular flexibility index (Phi) is 5.16. The highest BCUT2D eigenvalue weighted by molar-refractivity contribution is 6.31. The summed E-state index contributed by atoms with van der Waals surface area (Å²) in [5.74, 6) is -1.70. The predicted octanol–water partition coefficient (Wildman–Crippen LogP) is 2.47. The first-order valence-electron chi connectivity index (χ1n) is 10.6. The van der Waals surface area contributed by atoms with Gasteiger partial charge in [0.1, 0.15) is 17.8 Å². The van der Waals surface area contributed by atoms with E-state index in [4.69, 9.17) is 11.6 Å². The molecule has 1 saturated heterocycles. The van der Waals surface area contributed by atoms with Crippen molar-refractivity contribution in [1.82, 2.24) is 20.5 Å². The van der Waals surface area contributed by atoms with Gasteiger partial charge in [-0.15, -0.1) is 0 Å². The van der Waals surface area contributed by atoms with Gasteiger partial charge < -0.3 is 10.2 Å². The van der Waals surface area contributed by atoms with Crippen LogP contribution in [0.3, 0.4) is 0 Å². The normalized spacial score (nSPS) is 21.9. The van der Waals surface area contributed by atoms with Gasteiger partial charge in [0.25, 0.3) is 11.8 Å². The Morgan fingerprint density at radius 1 is 1.27 bits per heavy atom. The van der Waals surface area contributed by atoms with Crippen LogP contribution in [0.2, 0.25) is 5.02 Å². The van der Waals surface area contributed by atoms with Crippen LogP contribution < -0.4 is 10.6 Å². The van der Waals surface area contributed by atoms with Crippen LogP contribution in [0.1, 0.15) is 63.7 Å². The molecule has 2 N–H and O–H groups in total. The van der Waals surface area contributed by atoms with Crippen molar-refractivity contribution in [3.63, 3.8) is 0 Å². The van der Waals surface area contributed by atoms with Gasteiger partial charge in [0.05, 0.1) is 10.7 Å². The molecule has 2 aliphatic heterocycles. The summed E-state index contributed by atoms with van der Waals surface area (Å²) in [6, 6.07) is 6.10. The van der Waals surface area contributed by atoms with Crippen LogP contribution in [0, 0.1) is 0 Å². The molecule has 2 fully saturated rings. The van der Waals surface area contributed by atoms with E-state index in [0.717, 1.165) is 0 Å². The number of benzene rings is 1. The van der Waals surface area contributed by atoms with E-state index >= 15 is 4.39 Å². The van der Waals surface area contributed by atoms with Gasteiger partial charge in [-0.2, -0.15) is 0 Å². The van der Waals surface area contributed by atoms with Crippen LogP contribution in [0.25, 0.3) is 0 Å². The number of halogens is 2. The molecular formula is C23H20ClFN4O4. The number of imide groups is 1. The van der Waals surface area contributed by atoms with Gasteiger partial charge in [-0.1, -0.05) is 11.6 Å². The van der Waals surface area contributed by atoms with E-state index in [9.17, 15) is 19.2 Å². The molecule has 2 aromatic rings. The number of fused-ring (bicyclic) bond motifs is 1. The van der Waals surface area contributed by atoms with Crippen molar-refractivity contribution in [2.24, 2.45) is 0 Å². The third-order valence-corrected chi connectivity index (χ3v) is 6.69. The molecule has 3 aliphatic rings. The average molecular weight is 471 g/mol. The number of carbonyl (C=O) groups is 4. The third-order valence-electron chi connectivity index (χ3n) is 6.37. The van der Waals surface area contributed by atoms with Gasteiger partial charge in [-0.3, -0.25) is 29.5 Å². The van der Waals surface area contributed by atoms with E-state index in [1.54, 1.807) is 18.2 Å². The van der Waals surface area contributed by atoms with Gasteiger partial charge in [-0.25, -0.2) is 4.39 Å². The highest BCUT2D eigenvalue weighted by Crippen LogP contribution is 2.50. The standard InChI is InChI=1S/C23H20ClFN4O4/c24-15-2-1-9-26-18(15)19(23(25)7-8-23)28-20(31)12-3-4-14-13(10-12)11-29(22(14)33)16-5-6-17(30)27-21(16)32/h1-4,9-10,16,19H,5-8,11H2,(H,28,31)(H,27,30,32)/t16?,19-/m1/s1. The SMILES string of the molecule is O=C1CCC(N2Cc3cc(C(=O)N[C@H](c4ncccc4Cl)C4(F)CC4)ccc3C2=O)C(=O)N1. The van der Waals surface area contributed by atoms with Crippen LogP contribution in [0.4, 0.5) is 4.39 Å². The summed E-state index contributed by atoms with van der Waals surface area (Å²) < 4.78 is 15.1. The molecule has 5 rings (SSSR count). The first kappa shape index (κ1) is 21.5. The minimum Gasteiger partial charge on any atom is -0.340 e. The first-order valence-corrected chi connectivity index (χ1v) is 11.0. The molecule has 1 aromatic carbocycles. The smallest absolute Gasteiger partial charge is 0.255 e. The lowest BCUT2D eigenvalue weighted by atomic mass is 10.0. The molecule has 8 nitrogen and oxygen atoms in total. The molecule has 1 aliphatic carbocycles. The summed E-state index contributed by atoms with van der Waals surface area (Å²) >= 11 is 6.21. The van der Waals surface area contributed by atoms with E-state index in [1.165, 1.54) is 23.2 Å². The Morgan fingerprint density at radius 2 is 2.06 bits per heavy atom. The molecule has 1 unspecified atom stereocenters. The molecule has 0 spiro atoms. The Labute approximate surface area is 193 Å². The van der Waals surface area contributed by atoms with Crippen LogP contribution in [-0.2, 0) is 16.1 Å². The number of carbonyl (C=O) groups excluding carboxylic acids is 4. The quantitative estimate of drug-likeness (QED) is 0.652. The van der Waals surface area contributed by atoms with Gasteiger partial charge >= 0.3 is 0 Å². The summed E-state index contributed by atoms with van der Waals surface area (Å²) in [6.45, 7) is 0.143. The van der Waals surface area contributed by atoms with Gasteiger partial charge in [0.15, 0.2) is 0 Å². The fourth-order valence-electron chi connectivity index (χ4n) is 4.39. The second-order valence-corrected chi connectivity index (χ2v) is 8.99. The molecular weight excluding hydrogens is 451 g/mol. The summed E-state index contributed by atoms with van der Waals surface area (Å²) in [5.41, 5.74) is -0.0973. The zero-order chi connectivity index (χ0) is 23.3.